The normalized spacial score (nSPS) is 17.4. The lowest BCUT2D eigenvalue weighted by Gasteiger charge is -2.33. The van der Waals surface area contributed by atoms with Gasteiger partial charge < -0.3 is 10.1 Å². The van der Waals surface area contributed by atoms with Gasteiger partial charge in [-0.15, -0.1) is 0 Å². The van der Waals surface area contributed by atoms with Crippen LogP contribution in [-0.4, -0.2) is 50.8 Å². The fourth-order valence-corrected chi connectivity index (χ4v) is 1.98. The summed E-state index contributed by atoms with van der Waals surface area (Å²) < 4.78 is 5.11. The first-order valence-electron chi connectivity index (χ1n) is 6.32. The van der Waals surface area contributed by atoms with Crippen LogP contribution in [0.2, 0.25) is 0 Å². The molecule has 0 radical (unpaired) electrons. The average Bonchev–Trinajstić information content (AvgIpc) is 2.34. The summed E-state index contributed by atoms with van der Waals surface area (Å²) in [5.74, 6) is 0. The maximum Gasteiger partial charge on any atom is 0.0589 e. The van der Waals surface area contributed by atoms with E-state index in [0.29, 0.717) is 0 Å². The van der Waals surface area contributed by atoms with Gasteiger partial charge in [-0.2, -0.15) is 0 Å². The summed E-state index contributed by atoms with van der Waals surface area (Å²) in [4.78, 5) is 2.53. The molecule has 15 heavy (non-hydrogen) atoms. The maximum atomic E-state index is 5.11. The molecule has 1 aliphatic rings. The molecule has 0 bridgehead atoms. The van der Waals surface area contributed by atoms with Crippen LogP contribution in [0.25, 0.3) is 0 Å². The number of ether oxygens (including phenoxy) is 1. The Morgan fingerprint density at radius 3 is 2.33 bits per heavy atom. The van der Waals surface area contributed by atoms with Gasteiger partial charge in [-0.1, -0.05) is 20.8 Å². The minimum absolute atomic E-state index is 0.779. The third kappa shape index (κ3) is 6.13. The highest BCUT2D eigenvalue weighted by molar-refractivity contribution is 4.76. The standard InChI is InChI=1S/C10H22N2O.C2H6/c1-3-12(8-9-13-2)10-4-6-11-7-5-10;1-2/h10-11H,3-9H2,1-2H3;1-2H3. The molecule has 1 N–H and O–H groups in total. The van der Waals surface area contributed by atoms with E-state index in [-0.39, 0.29) is 0 Å². The molecule has 0 saturated carbocycles. The van der Waals surface area contributed by atoms with Gasteiger partial charge >= 0.3 is 0 Å². The summed E-state index contributed by atoms with van der Waals surface area (Å²) >= 11 is 0. The lowest BCUT2D eigenvalue weighted by atomic mass is 10.1. The van der Waals surface area contributed by atoms with Crippen LogP contribution in [0.1, 0.15) is 33.6 Å². The van der Waals surface area contributed by atoms with Crippen molar-refractivity contribution in [3.8, 4) is 0 Å². The number of rotatable bonds is 5. The summed E-state index contributed by atoms with van der Waals surface area (Å²) in [6.07, 6.45) is 2.58. The fourth-order valence-electron chi connectivity index (χ4n) is 1.98. The Balaban J connectivity index is 0.000000921. The van der Waals surface area contributed by atoms with Crippen molar-refractivity contribution in [1.29, 1.82) is 0 Å². The smallest absolute Gasteiger partial charge is 0.0589 e. The van der Waals surface area contributed by atoms with Crippen LogP contribution >= 0.6 is 0 Å². The molecule has 0 aromatic carbocycles. The van der Waals surface area contributed by atoms with E-state index in [0.717, 1.165) is 25.7 Å². The highest BCUT2D eigenvalue weighted by Gasteiger charge is 2.18. The summed E-state index contributed by atoms with van der Waals surface area (Å²) in [7, 11) is 1.77. The van der Waals surface area contributed by atoms with Crippen molar-refractivity contribution in [2.45, 2.75) is 39.7 Å². The van der Waals surface area contributed by atoms with Gasteiger partial charge in [0.25, 0.3) is 0 Å². The fraction of sp³-hybridized carbons (Fsp3) is 1.00. The molecule has 0 unspecified atom stereocenters. The first-order valence-corrected chi connectivity index (χ1v) is 6.32. The lowest BCUT2D eigenvalue weighted by molar-refractivity contribution is 0.110. The van der Waals surface area contributed by atoms with Crippen LogP contribution in [0.15, 0.2) is 0 Å². The molecule has 1 heterocycles. The van der Waals surface area contributed by atoms with Gasteiger partial charge in [0.15, 0.2) is 0 Å². The van der Waals surface area contributed by atoms with E-state index in [9.17, 15) is 0 Å². The molecule has 1 fully saturated rings. The Bertz CT molecular complexity index is 125. The minimum atomic E-state index is 0.779. The van der Waals surface area contributed by atoms with E-state index in [2.05, 4.69) is 17.1 Å². The molecule has 1 rings (SSSR count). The second-order valence-electron chi connectivity index (χ2n) is 3.60. The van der Waals surface area contributed by atoms with Crippen LogP contribution < -0.4 is 5.32 Å². The Morgan fingerprint density at radius 1 is 1.27 bits per heavy atom. The van der Waals surface area contributed by atoms with E-state index in [1.165, 1.54) is 25.9 Å². The number of piperidine rings is 1. The summed E-state index contributed by atoms with van der Waals surface area (Å²) in [6.45, 7) is 11.7. The predicted molar refractivity (Wildman–Crippen MR) is 66.4 cm³/mol. The molecule has 92 valence electrons. The monoisotopic (exact) mass is 216 g/mol. The van der Waals surface area contributed by atoms with E-state index >= 15 is 0 Å². The highest BCUT2D eigenvalue weighted by atomic mass is 16.5. The largest absolute Gasteiger partial charge is 0.383 e. The first kappa shape index (κ1) is 14.9. The molecule has 3 nitrogen and oxygen atoms in total. The zero-order valence-electron chi connectivity index (χ0n) is 10.9. The van der Waals surface area contributed by atoms with E-state index in [1.54, 1.807) is 7.11 Å². The number of nitrogens with zero attached hydrogens (tertiary/aromatic N) is 1. The Morgan fingerprint density at radius 2 is 1.87 bits per heavy atom. The van der Waals surface area contributed by atoms with Crippen LogP contribution in [0.4, 0.5) is 0 Å². The zero-order valence-corrected chi connectivity index (χ0v) is 10.9. The third-order valence-corrected chi connectivity index (χ3v) is 2.81. The average molecular weight is 216 g/mol. The maximum absolute atomic E-state index is 5.11. The number of nitrogens with one attached hydrogen (secondary N) is 1. The molecule has 0 spiro atoms. The van der Waals surface area contributed by atoms with Crippen molar-refractivity contribution in [3.63, 3.8) is 0 Å². The third-order valence-electron chi connectivity index (χ3n) is 2.81. The molecule has 0 aromatic rings. The quantitative estimate of drug-likeness (QED) is 0.757. The van der Waals surface area contributed by atoms with Gasteiger partial charge in [-0.05, 0) is 32.5 Å². The van der Waals surface area contributed by atoms with Gasteiger partial charge in [0.05, 0.1) is 6.61 Å². The van der Waals surface area contributed by atoms with E-state index in [1.807, 2.05) is 13.8 Å². The molecule has 0 atom stereocenters. The Hall–Kier alpha value is -0.120. The first-order chi connectivity index (χ1) is 7.38. The minimum Gasteiger partial charge on any atom is -0.383 e. The number of hydrogen-bond acceptors (Lipinski definition) is 3. The SMILES string of the molecule is CC.CCN(CCOC)C1CCNCC1. The predicted octanol–water partition coefficient (Wildman–Crippen LogP) is 1.73. The molecular formula is C12H28N2O. The zero-order chi connectivity index (χ0) is 11.5. The number of methoxy groups -OCH3 is 1. The topological polar surface area (TPSA) is 24.5 Å². The van der Waals surface area contributed by atoms with Crippen molar-refractivity contribution < 1.29 is 4.74 Å². The van der Waals surface area contributed by atoms with Gasteiger partial charge in [0.2, 0.25) is 0 Å². The van der Waals surface area contributed by atoms with Crippen LogP contribution in [0.3, 0.4) is 0 Å². The van der Waals surface area contributed by atoms with Gasteiger partial charge in [-0.25, -0.2) is 0 Å². The Labute approximate surface area is 95.2 Å². The lowest BCUT2D eigenvalue weighted by Crippen LogP contribution is -2.44. The van der Waals surface area contributed by atoms with Crippen molar-refractivity contribution in [1.82, 2.24) is 10.2 Å². The number of likely N-dealkylation sites (N-methyl/N-ethyl adjacent to an activating group) is 1. The van der Waals surface area contributed by atoms with Crippen LogP contribution in [0.5, 0.6) is 0 Å². The second kappa shape index (κ2) is 10.4. The summed E-state index contributed by atoms with van der Waals surface area (Å²) in [6, 6.07) is 0.779. The second-order valence-corrected chi connectivity index (χ2v) is 3.60. The summed E-state index contributed by atoms with van der Waals surface area (Å²) in [5, 5.41) is 3.39. The Kier molecular flexibility index (Phi) is 10.3. The molecule has 0 aromatic heterocycles. The molecule has 1 aliphatic heterocycles. The van der Waals surface area contributed by atoms with E-state index in [4.69, 9.17) is 4.74 Å². The molecule has 3 heteroatoms. The van der Waals surface area contributed by atoms with E-state index < -0.39 is 0 Å². The van der Waals surface area contributed by atoms with Gasteiger partial charge in [0, 0.05) is 19.7 Å². The van der Waals surface area contributed by atoms with Crippen molar-refractivity contribution in [2.24, 2.45) is 0 Å². The molecular weight excluding hydrogens is 188 g/mol. The molecule has 1 saturated heterocycles. The van der Waals surface area contributed by atoms with Crippen LogP contribution in [-0.2, 0) is 4.74 Å². The number of hydrogen-bond donors (Lipinski definition) is 1. The van der Waals surface area contributed by atoms with Crippen molar-refractivity contribution >= 4 is 0 Å². The van der Waals surface area contributed by atoms with Crippen LogP contribution in [0, 0.1) is 0 Å². The molecule has 0 amide bonds. The van der Waals surface area contributed by atoms with Crippen molar-refractivity contribution in [2.75, 3.05) is 39.9 Å². The van der Waals surface area contributed by atoms with Gasteiger partial charge in [0.1, 0.15) is 0 Å². The highest BCUT2D eigenvalue weighted by Crippen LogP contribution is 2.10. The van der Waals surface area contributed by atoms with Crippen molar-refractivity contribution in [3.05, 3.63) is 0 Å². The summed E-state index contributed by atoms with van der Waals surface area (Å²) in [5.41, 5.74) is 0. The molecule has 0 aliphatic carbocycles. The van der Waals surface area contributed by atoms with Gasteiger partial charge in [-0.3, -0.25) is 4.90 Å².